The minimum absolute atomic E-state index is 0.456. The molecule has 0 saturated heterocycles. The van der Waals surface area contributed by atoms with Gasteiger partial charge in [0.15, 0.2) is 0 Å². The van der Waals surface area contributed by atoms with Gasteiger partial charge in [-0.25, -0.2) is 0 Å². The molecule has 1 heterocycles. The van der Waals surface area contributed by atoms with Crippen LogP contribution in [0.25, 0.3) is 10.9 Å². The third kappa shape index (κ3) is 1.82. The van der Waals surface area contributed by atoms with Crippen LogP contribution in [-0.4, -0.2) is 19.9 Å². The predicted molar refractivity (Wildman–Crippen MR) is 65.3 cm³/mol. The fourth-order valence-corrected chi connectivity index (χ4v) is 1.75. The SMILES string of the molecule is BC(C)c1cc(OC)cc2cccnc12. The maximum Gasteiger partial charge on any atom is 0.119 e. The molecule has 0 aliphatic heterocycles. The Hall–Kier alpha value is -1.51. The van der Waals surface area contributed by atoms with Gasteiger partial charge in [-0.05, 0) is 29.6 Å². The number of methoxy groups -OCH3 is 1. The maximum absolute atomic E-state index is 5.29. The second kappa shape index (κ2) is 3.93. The molecule has 1 atom stereocenters. The second-order valence-electron chi connectivity index (χ2n) is 3.95. The molecule has 15 heavy (non-hydrogen) atoms. The first kappa shape index (κ1) is 10.0. The molecule has 1 aromatic heterocycles. The predicted octanol–water partition coefficient (Wildman–Crippen LogP) is 1.94. The highest BCUT2D eigenvalue weighted by Gasteiger charge is 2.08. The van der Waals surface area contributed by atoms with Crippen LogP contribution in [0.2, 0.25) is 0 Å². The van der Waals surface area contributed by atoms with Crippen molar-refractivity contribution < 1.29 is 4.74 Å². The van der Waals surface area contributed by atoms with Crippen LogP contribution in [0.4, 0.5) is 0 Å². The van der Waals surface area contributed by atoms with Crippen molar-refractivity contribution in [3.63, 3.8) is 0 Å². The van der Waals surface area contributed by atoms with Crippen LogP contribution in [0.5, 0.6) is 5.75 Å². The fraction of sp³-hybridized carbons (Fsp3) is 0.250. The standard InChI is InChI=1S/C12H14BNO/c1-8(13)11-7-10(15-2)6-9-4-3-5-14-12(9)11/h3-8H,13H2,1-2H3. The topological polar surface area (TPSA) is 22.1 Å². The Morgan fingerprint density at radius 3 is 2.87 bits per heavy atom. The van der Waals surface area contributed by atoms with Crippen LogP contribution in [0.15, 0.2) is 30.5 Å². The van der Waals surface area contributed by atoms with Crippen molar-refractivity contribution in [3.05, 3.63) is 36.0 Å². The van der Waals surface area contributed by atoms with Gasteiger partial charge in [0.25, 0.3) is 0 Å². The number of nitrogens with zero attached hydrogens (tertiary/aromatic N) is 1. The van der Waals surface area contributed by atoms with Gasteiger partial charge in [-0.3, -0.25) is 4.98 Å². The van der Waals surface area contributed by atoms with E-state index in [-0.39, 0.29) is 0 Å². The van der Waals surface area contributed by atoms with Gasteiger partial charge < -0.3 is 4.74 Å². The number of benzene rings is 1. The van der Waals surface area contributed by atoms with Gasteiger partial charge in [-0.1, -0.05) is 13.0 Å². The lowest BCUT2D eigenvalue weighted by molar-refractivity contribution is 0.415. The van der Waals surface area contributed by atoms with Crippen molar-refractivity contribution in [1.29, 1.82) is 0 Å². The zero-order valence-corrected chi connectivity index (χ0v) is 9.32. The average molecular weight is 199 g/mol. The smallest absolute Gasteiger partial charge is 0.119 e. The van der Waals surface area contributed by atoms with Gasteiger partial charge in [0, 0.05) is 11.6 Å². The van der Waals surface area contributed by atoms with Gasteiger partial charge in [-0.2, -0.15) is 0 Å². The molecule has 2 rings (SSSR count). The van der Waals surface area contributed by atoms with Crippen molar-refractivity contribution in [2.45, 2.75) is 12.7 Å². The van der Waals surface area contributed by atoms with Crippen molar-refractivity contribution in [3.8, 4) is 5.75 Å². The van der Waals surface area contributed by atoms with E-state index < -0.39 is 0 Å². The number of aromatic nitrogens is 1. The number of ether oxygens (including phenoxy) is 1. The van der Waals surface area contributed by atoms with E-state index in [1.54, 1.807) is 7.11 Å². The third-order valence-corrected chi connectivity index (χ3v) is 2.57. The van der Waals surface area contributed by atoms with Gasteiger partial charge in [0.05, 0.1) is 12.6 Å². The number of fused-ring (bicyclic) bond motifs is 1. The fourth-order valence-electron chi connectivity index (χ4n) is 1.75. The van der Waals surface area contributed by atoms with Crippen LogP contribution in [0.1, 0.15) is 18.3 Å². The van der Waals surface area contributed by atoms with E-state index in [1.807, 2.05) is 18.3 Å². The first-order valence-corrected chi connectivity index (χ1v) is 5.15. The lowest BCUT2D eigenvalue weighted by Crippen LogP contribution is -1.96. The van der Waals surface area contributed by atoms with E-state index in [0.717, 1.165) is 16.7 Å². The molecule has 0 radical (unpaired) electrons. The second-order valence-corrected chi connectivity index (χ2v) is 3.95. The molecule has 76 valence electrons. The van der Waals surface area contributed by atoms with Crippen molar-refractivity contribution in [1.82, 2.24) is 4.98 Å². The van der Waals surface area contributed by atoms with Crippen LogP contribution in [0.3, 0.4) is 0 Å². The highest BCUT2D eigenvalue weighted by atomic mass is 16.5. The Morgan fingerprint density at radius 2 is 2.20 bits per heavy atom. The summed E-state index contributed by atoms with van der Waals surface area (Å²) < 4.78 is 5.29. The molecule has 0 fully saturated rings. The number of hydrogen-bond acceptors (Lipinski definition) is 2. The zero-order chi connectivity index (χ0) is 10.8. The molecule has 2 nitrogen and oxygen atoms in total. The van der Waals surface area contributed by atoms with E-state index >= 15 is 0 Å². The lowest BCUT2D eigenvalue weighted by Gasteiger charge is -2.11. The molecule has 2 aromatic rings. The molecule has 0 spiro atoms. The number of pyridine rings is 1. The van der Waals surface area contributed by atoms with E-state index in [2.05, 4.69) is 31.9 Å². The summed E-state index contributed by atoms with van der Waals surface area (Å²) in [6.45, 7) is 2.17. The molecule has 0 N–H and O–H groups in total. The lowest BCUT2D eigenvalue weighted by atomic mass is 9.82. The largest absolute Gasteiger partial charge is 0.497 e. The Bertz CT molecular complexity index is 482. The van der Waals surface area contributed by atoms with Crippen molar-refractivity contribution in [2.75, 3.05) is 7.11 Å². The molecule has 0 bridgehead atoms. The number of hydrogen-bond donors (Lipinski definition) is 0. The summed E-state index contributed by atoms with van der Waals surface area (Å²) in [4.78, 5) is 4.42. The molecular weight excluding hydrogens is 185 g/mol. The summed E-state index contributed by atoms with van der Waals surface area (Å²) in [6, 6.07) is 8.11. The highest BCUT2D eigenvalue weighted by molar-refractivity contribution is 6.13. The first-order chi connectivity index (χ1) is 7.22. The van der Waals surface area contributed by atoms with E-state index in [0.29, 0.717) is 5.82 Å². The molecule has 1 unspecified atom stereocenters. The Labute approximate surface area is 90.7 Å². The van der Waals surface area contributed by atoms with Crippen molar-refractivity contribution >= 4 is 18.7 Å². The molecule has 0 aliphatic carbocycles. The van der Waals surface area contributed by atoms with Crippen LogP contribution in [-0.2, 0) is 0 Å². The van der Waals surface area contributed by atoms with Crippen LogP contribution >= 0.6 is 0 Å². The zero-order valence-electron chi connectivity index (χ0n) is 9.32. The van der Waals surface area contributed by atoms with Crippen LogP contribution < -0.4 is 4.74 Å². The minimum Gasteiger partial charge on any atom is -0.497 e. The molecule has 0 amide bonds. The summed E-state index contributed by atoms with van der Waals surface area (Å²) in [5.41, 5.74) is 2.32. The summed E-state index contributed by atoms with van der Waals surface area (Å²) in [6.07, 6.45) is 1.83. The normalized spacial score (nSPS) is 12.7. The summed E-state index contributed by atoms with van der Waals surface area (Å²) in [5, 5.41) is 1.14. The Morgan fingerprint density at radius 1 is 1.40 bits per heavy atom. The Balaban J connectivity index is 2.74. The summed E-state index contributed by atoms with van der Waals surface area (Å²) >= 11 is 0. The van der Waals surface area contributed by atoms with Gasteiger partial charge in [0.1, 0.15) is 13.6 Å². The summed E-state index contributed by atoms with van der Waals surface area (Å²) in [7, 11) is 3.87. The first-order valence-electron chi connectivity index (χ1n) is 5.15. The minimum atomic E-state index is 0.456. The molecule has 1 aromatic carbocycles. The molecule has 3 heteroatoms. The highest BCUT2D eigenvalue weighted by Crippen LogP contribution is 2.27. The monoisotopic (exact) mass is 199 g/mol. The van der Waals surface area contributed by atoms with E-state index in [1.165, 1.54) is 5.56 Å². The van der Waals surface area contributed by atoms with Crippen LogP contribution in [0, 0.1) is 0 Å². The average Bonchev–Trinajstić information content (AvgIpc) is 2.27. The van der Waals surface area contributed by atoms with Gasteiger partial charge in [0.2, 0.25) is 0 Å². The third-order valence-electron chi connectivity index (χ3n) is 2.57. The quantitative estimate of drug-likeness (QED) is 0.689. The molecular formula is C12H14BNO. The van der Waals surface area contributed by atoms with Gasteiger partial charge >= 0.3 is 0 Å². The van der Waals surface area contributed by atoms with E-state index in [4.69, 9.17) is 4.74 Å². The summed E-state index contributed by atoms with van der Waals surface area (Å²) in [5.74, 6) is 1.36. The number of rotatable bonds is 2. The Kier molecular flexibility index (Phi) is 2.63. The van der Waals surface area contributed by atoms with Crippen molar-refractivity contribution in [2.24, 2.45) is 0 Å². The maximum atomic E-state index is 5.29. The molecule has 0 saturated carbocycles. The molecule has 0 aliphatic rings. The van der Waals surface area contributed by atoms with Gasteiger partial charge in [-0.15, -0.1) is 0 Å². The van der Waals surface area contributed by atoms with E-state index in [9.17, 15) is 0 Å².